The maximum Gasteiger partial charge on any atom is 0.410 e. The van der Waals surface area contributed by atoms with E-state index in [0.717, 1.165) is 16.7 Å². The number of fused-ring (bicyclic) bond motifs is 2. The number of likely N-dealkylation sites (tertiary alicyclic amines) is 1. The molecule has 0 atom stereocenters. The number of hydrogen-bond donors (Lipinski definition) is 0. The van der Waals surface area contributed by atoms with Crippen molar-refractivity contribution < 1.29 is 14.3 Å². The Morgan fingerprint density at radius 2 is 1.67 bits per heavy atom. The molecule has 1 fully saturated rings. The minimum Gasteiger partial charge on any atom is -0.444 e. The van der Waals surface area contributed by atoms with Crippen molar-refractivity contribution in [1.82, 2.24) is 9.80 Å². The largest absolute Gasteiger partial charge is 0.444 e. The molecule has 30 heavy (non-hydrogen) atoms. The number of benzene rings is 2. The third-order valence-corrected chi connectivity index (χ3v) is 6.12. The van der Waals surface area contributed by atoms with Crippen molar-refractivity contribution in [2.45, 2.75) is 58.2 Å². The molecule has 2 aliphatic heterocycles. The van der Waals surface area contributed by atoms with Crippen LogP contribution in [0.3, 0.4) is 0 Å². The number of rotatable bonds is 2. The maximum absolute atomic E-state index is 13.4. The number of carbonyl (C=O) groups excluding carboxylic acids is 2. The molecule has 1 saturated heterocycles. The summed E-state index contributed by atoms with van der Waals surface area (Å²) in [7, 11) is 0. The Labute approximate surface area is 178 Å². The molecule has 0 aliphatic carbocycles. The average molecular weight is 407 g/mol. The van der Waals surface area contributed by atoms with Gasteiger partial charge in [-0.05, 0) is 57.7 Å². The van der Waals surface area contributed by atoms with Crippen molar-refractivity contribution >= 4 is 12.0 Å². The van der Waals surface area contributed by atoms with Gasteiger partial charge in [0.2, 0.25) is 0 Å². The first-order valence-corrected chi connectivity index (χ1v) is 10.6. The molecule has 2 heterocycles. The van der Waals surface area contributed by atoms with E-state index in [-0.39, 0.29) is 17.5 Å². The molecule has 5 heteroatoms. The van der Waals surface area contributed by atoms with Gasteiger partial charge >= 0.3 is 6.09 Å². The van der Waals surface area contributed by atoms with Gasteiger partial charge in [-0.2, -0.15) is 0 Å². The van der Waals surface area contributed by atoms with Gasteiger partial charge in [0.05, 0.1) is 5.54 Å². The van der Waals surface area contributed by atoms with Crippen molar-refractivity contribution in [3.8, 4) is 0 Å². The first-order valence-electron chi connectivity index (χ1n) is 10.6. The number of piperidine rings is 1. The molecule has 0 radical (unpaired) electrons. The summed E-state index contributed by atoms with van der Waals surface area (Å²) in [6.45, 7) is 9.42. The summed E-state index contributed by atoms with van der Waals surface area (Å²) in [6.07, 6.45) is 1.14. The molecular weight excluding hydrogens is 376 g/mol. The van der Waals surface area contributed by atoms with E-state index in [1.54, 1.807) is 4.90 Å². The second kappa shape index (κ2) is 7.46. The van der Waals surface area contributed by atoms with E-state index in [4.69, 9.17) is 4.74 Å². The Balaban J connectivity index is 1.61. The predicted molar refractivity (Wildman–Crippen MR) is 116 cm³/mol. The van der Waals surface area contributed by atoms with Gasteiger partial charge in [-0.25, -0.2) is 4.79 Å². The van der Waals surface area contributed by atoms with Gasteiger partial charge in [-0.15, -0.1) is 0 Å². The Kier molecular flexibility index (Phi) is 5.08. The van der Waals surface area contributed by atoms with Gasteiger partial charge in [-0.3, -0.25) is 4.79 Å². The van der Waals surface area contributed by atoms with Gasteiger partial charge in [0, 0.05) is 25.2 Å². The van der Waals surface area contributed by atoms with E-state index < -0.39 is 5.60 Å². The first-order chi connectivity index (χ1) is 14.2. The number of carbonyl (C=O) groups is 2. The van der Waals surface area contributed by atoms with Crippen molar-refractivity contribution in [2.75, 3.05) is 13.1 Å². The van der Waals surface area contributed by atoms with Gasteiger partial charge in [0.25, 0.3) is 5.91 Å². The van der Waals surface area contributed by atoms with Crippen LogP contribution >= 0.6 is 0 Å². The highest BCUT2D eigenvalue weighted by Gasteiger charge is 2.51. The lowest BCUT2D eigenvalue weighted by Crippen LogP contribution is -2.52. The van der Waals surface area contributed by atoms with Crippen molar-refractivity contribution in [3.63, 3.8) is 0 Å². The minimum atomic E-state index is -0.514. The number of hydrogen-bond acceptors (Lipinski definition) is 3. The van der Waals surface area contributed by atoms with E-state index in [1.165, 1.54) is 5.56 Å². The van der Waals surface area contributed by atoms with E-state index in [1.807, 2.05) is 43.9 Å². The highest BCUT2D eigenvalue weighted by atomic mass is 16.6. The molecular formula is C25H30N2O3. The van der Waals surface area contributed by atoms with E-state index in [2.05, 4.69) is 37.3 Å². The molecule has 158 valence electrons. The summed E-state index contributed by atoms with van der Waals surface area (Å²) in [4.78, 5) is 29.7. The monoisotopic (exact) mass is 406 g/mol. The van der Waals surface area contributed by atoms with Crippen LogP contribution < -0.4 is 0 Å². The normalized spacial score (nSPS) is 17.9. The highest BCUT2D eigenvalue weighted by Crippen LogP contribution is 2.47. The van der Waals surface area contributed by atoms with Crippen LogP contribution in [0, 0.1) is 6.92 Å². The molecule has 1 spiro atoms. The topological polar surface area (TPSA) is 49.9 Å². The Bertz CT molecular complexity index is 951. The minimum absolute atomic E-state index is 0.0805. The van der Waals surface area contributed by atoms with Crippen molar-refractivity contribution in [2.24, 2.45) is 0 Å². The molecule has 2 aromatic carbocycles. The lowest BCUT2D eigenvalue weighted by Gasteiger charge is -2.45. The summed E-state index contributed by atoms with van der Waals surface area (Å²) >= 11 is 0. The first kappa shape index (κ1) is 20.5. The fourth-order valence-electron chi connectivity index (χ4n) is 4.58. The number of aryl methyl sites for hydroxylation is 1. The average Bonchev–Trinajstić information content (AvgIpc) is 2.92. The second-order valence-electron chi connectivity index (χ2n) is 9.42. The van der Waals surface area contributed by atoms with Gasteiger partial charge in [-0.1, -0.05) is 48.0 Å². The van der Waals surface area contributed by atoms with Crippen LogP contribution in [0.4, 0.5) is 4.79 Å². The van der Waals surface area contributed by atoms with E-state index >= 15 is 0 Å². The van der Waals surface area contributed by atoms with Gasteiger partial charge in [0.15, 0.2) is 0 Å². The van der Waals surface area contributed by atoms with Crippen molar-refractivity contribution in [3.05, 3.63) is 70.8 Å². The van der Waals surface area contributed by atoms with Crippen molar-refractivity contribution in [1.29, 1.82) is 0 Å². The molecule has 0 saturated carbocycles. The third-order valence-electron chi connectivity index (χ3n) is 6.12. The van der Waals surface area contributed by atoms with Crippen LogP contribution in [0.1, 0.15) is 60.7 Å². The standard InChI is InChI=1S/C25H30N2O3/c1-18-9-11-19(12-10-18)17-27-22(28)20-7-5-6-8-21(20)25(27)13-15-26(16-14-25)23(29)30-24(2,3)4/h5-12H,13-17H2,1-4H3. The molecule has 2 amide bonds. The second-order valence-corrected chi connectivity index (χ2v) is 9.42. The molecule has 0 unspecified atom stereocenters. The SMILES string of the molecule is Cc1ccc(CN2C(=O)c3ccccc3C23CCN(C(=O)OC(C)(C)C)CC3)cc1. The van der Waals surface area contributed by atoms with Gasteiger partial charge in [0.1, 0.15) is 5.60 Å². The molecule has 2 aliphatic rings. The third kappa shape index (κ3) is 3.69. The van der Waals surface area contributed by atoms with Crippen LogP contribution in [-0.2, 0) is 16.8 Å². The smallest absolute Gasteiger partial charge is 0.410 e. The van der Waals surface area contributed by atoms with Crippen LogP contribution in [0.2, 0.25) is 0 Å². The maximum atomic E-state index is 13.4. The molecule has 0 N–H and O–H groups in total. The Hall–Kier alpha value is -2.82. The molecule has 0 bridgehead atoms. The fourth-order valence-corrected chi connectivity index (χ4v) is 4.58. The summed E-state index contributed by atoms with van der Waals surface area (Å²) in [5.74, 6) is 0.0805. The van der Waals surface area contributed by atoms with Gasteiger partial charge < -0.3 is 14.5 Å². The zero-order valence-corrected chi connectivity index (χ0v) is 18.3. The fraction of sp³-hybridized carbons (Fsp3) is 0.440. The Morgan fingerprint density at radius 3 is 2.30 bits per heavy atom. The number of amides is 2. The van der Waals surface area contributed by atoms with Crippen LogP contribution in [0.15, 0.2) is 48.5 Å². The molecule has 2 aromatic rings. The summed E-state index contributed by atoms with van der Waals surface area (Å²) in [6, 6.07) is 16.3. The molecule has 5 nitrogen and oxygen atoms in total. The zero-order chi connectivity index (χ0) is 21.5. The highest BCUT2D eigenvalue weighted by molar-refractivity contribution is 6.00. The van der Waals surface area contributed by atoms with E-state index in [9.17, 15) is 9.59 Å². The predicted octanol–water partition coefficient (Wildman–Crippen LogP) is 4.88. The number of ether oxygens (including phenoxy) is 1. The van der Waals surface area contributed by atoms with E-state index in [0.29, 0.717) is 32.5 Å². The molecule has 0 aromatic heterocycles. The zero-order valence-electron chi connectivity index (χ0n) is 18.3. The quantitative estimate of drug-likeness (QED) is 0.714. The summed E-state index contributed by atoms with van der Waals surface area (Å²) in [5.41, 5.74) is 3.31. The van der Waals surface area contributed by atoms with Crippen LogP contribution in [0.5, 0.6) is 0 Å². The summed E-state index contributed by atoms with van der Waals surface area (Å²) in [5, 5.41) is 0. The van der Waals surface area contributed by atoms with Crippen LogP contribution in [-0.4, -0.2) is 40.5 Å². The molecule has 4 rings (SSSR count). The summed E-state index contributed by atoms with van der Waals surface area (Å²) < 4.78 is 5.56. The number of nitrogens with zero attached hydrogens (tertiary/aromatic N) is 2. The Morgan fingerprint density at radius 1 is 1.03 bits per heavy atom. The lowest BCUT2D eigenvalue weighted by molar-refractivity contribution is -0.00220. The lowest BCUT2D eigenvalue weighted by atomic mass is 9.80. The van der Waals surface area contributed by atoms with Crippen LogP contribution in [0.25, 0.3) is 0 Å².